The maximum absolute atomic E-state index is 11.0. The van der Waals surface area contributed by atoms with Crippen molar-refractivity contribution in [3.63, 3.8) is 0 Å². The molecule has 0 radical (unpaired) electrons. The normalized spacial score (nSPS) is 11.1. The van der Waals surface area contributed by atoms with Crippen LogP contribution in [0, 0.1) is 0 Å². The van der Waals surface area contributed by atoms with Crippen molar-refractivity contribution in [2.24, 2.45) is 5.10 Å². The molecule has 0 saturated carbocycles. The average Bonchev–Trinajstić information content (AvgIpc) is 2.36. The molecule has 0 bridgehead atoms. The summed E-state index contributed by atoms with van der Waals surface area (Å²) in [4.78, 5) is 11.0. The van der Waals surface area contributed by atoms with Gasteiger partial charge in [-0.2, -0.15) is 5.10 Å². The van der Waals surface area contributed by atoms with Crippen LogP contribution in [0.15, 0.2) is 29.4 Å². The van der Waals surface area contributed by atoms with Crippen molar-refractivity contribution < 1.29 is 9.53 Å². The lowest BCUT2D eigenvalue weighted by Gasteiger charge is -2.03. The third-order valence-electron chi connectivity index (χ3n) is 2.37. The van der Waals surface area contributed by atoms with Gasteiger partial charge in [-0.3, -0.25) is 0 Å². The van der Waals surface area contributed by atoms with Gasteiger partial charge < -0.3 is 4.74 Å². The van der Waals surface area contributed by atoms with Crippen molar-refractivity contribution >= 4 is 11.8 Å². The maximum Gasteiger partial charge on any atom is 0.427 e. The molecule has 1 aromatic carbocycles. The Morgan fingerprint density at radius 1 is 1.29 bits per heavy atom. The van der Waals surface area contributed by atoms with Gasteiger partial charge in [0.2, 0.25) is 0 Å². The standard InChI is InChI=1S/C13H18N2O2/c1-4-11-6-8-12(9-7-11)10(3)14-15-13(16)17-5-2/h6-9H,4-5H2,1-3H3,(H,15,16)/b14-10-. The number of hydrogen-bond donors (Lipinski definition) is 1. The Morgan fingerprint density at radius 3 is 2.47 bits per heavy atom. The number of hydrogen-bond acceptors (Lipinski definition) is 3. The first-order valence-electron chi connectivity index (χ1n) is 5.73. The molecule has 0 unspecified atom stereocenters. The van der Waals surface area contributed by atoms with Crippen molar-refractivity contribution in [1.82, 2.24) is 5.43 Å². The van der Waals surface area contributed by atoms with Crippen molar-refractivity contribution in [3.05, 3.63) is 35.4 Å². The Balaban J connectivity index is 2.64. The molecule has 0 aliphatic heterocycles. The number of hydrazone groups is 1. The second-order valence-electron chi connectivity index (χ2n) is 3.58. The fourth-order valence-corrected chi connectivity index (χ4v) is 1.34. The van der Waals surface area contributed by atoms with E-state index in [4.69, 9.17) is 4.74 Å². The quantitative estimate of drug-likeness (QED) is 0.643. The third kappa shape index (κ3) is 4.26. The van der Waals surface area contributed by atoms with Gasteiger partial charge >= 0.3 is 6.09 Å². The van der Waals surface area contributed by atoms with E-state index in [1.54, 1.807) is 6.92 Å². The van der Waals surface area contributed by atoms with Crippen LogP contribution in [0.25, 0.3) is 0 Å². The molecule has 4 heteroatoms. The molecule has 1 N–H and O–H groups in total. The fourth-order valence-electron chi connectivity index (χ4n) is 1.34. The molecule has 17 heavy (non-hydrogen) atoms. The van der Waals surface area contributed by atoms with Crippen LogP contribution in [0.4, 0.5) is 4.79 Å². The van der Waals surface area contributed by atoms with Gasteiger partial charge in [0.25, 0.3) is 0 Å². The first kappa shape index (κ1) is 13.2. The average molecular weight is 234 g/mol. The summed E-state index contributed by atoms with van der Waals surface area (Å²) in [6, 6.07) is 8.09. The van der Waals surface area contributed by atoms with Gasteiger partial charge in [-0.25, -0.2) is 10.2 Å². The molecular weight excluding hydrogens is 216 g/mol. The van der Waals surface area contributed by atoms with Gasteiger partial charge in [0.15, 0.2) is 0 Å². The molecule has 1 rings (SSSR count). The number of rotatable bonds is 4. The number of aryl methyl sites for hydroxylation is 1. The van der Waals surface area contributed by atoms with Crippen LogP contribution in [0.2, 0.25) is 0 Å². The minimum absolute atomic E-state index is 0.339. The summed E-state index contributed by atoms with van der Waals surface area (Å²) in [7, 11) is 0. The fraction of sp³-hybridized carbons (Fsp3) is 0.385. The molecule has 0 spiro atoms. The highest BCUT2D eigenvalue weighted by Crippen LogP contribution is 2.06. The largest absolute Gasteiger partial charge is 0.449 e. The number of carbonyl (C=O) groups is 1. The van der Waals surface area contributed by atoms with E-state index in [0.717, 1.165) is 17.7 Å². The van der Waals surface area contributed by atoms with Crippen LogP contribution < -0.4 is 5.43 Å². The van der Waals surface area contributed by atoms with E-state index in [1.165, 1.54) is 5.56 Å². The van der Waals surface area contributed by atoms with E-state index < -0.39 is 6.09 Å². The summed E-state index contributed by atoms with van der Waals surface area (Å²) in [6.07, 6.45) is 0.481. The molecule has 1 amide bonds. The molecule has 0 saturated heterocycles. The van der Waals surface area contributed by atoms with Crippen LogP contribution >= 0.6 is 0 Å². The van der Waals surface area contributed by atoms with E-state index in [2.05, 4.69) is 29.6 Å². The van der Waals surface area contributed by atoms with E-state index in [1.807, 2.05) is 19.1 Å². The summed E-state index contributed by atoms with van der Waals surface area (Å²) < 4.78 is 4.71. The van der Waals surface area contributed by atoms with Crippen molar-refractivity contribution in [1.29, 1.82) is 0 Å². The minimum atomic E-state index is -0.531. The van der Waals surface area contributed by atoms with Crippen molar-refractivity contribution in [3.8, 4) is 0 Å². The SMILES string of the molecule is CCOC(=O)N/N=C(/C)c1ccc(CC)cc1. The zero-order chi connectivity index (χ0) is 12.7. The predicted molar refractivity (Wildman–Crippen MR) is 68.2 cm³/mol. The Bertz CT molecular complexity index is 396. The van der Waals surface area contributed by atoms with E-state index in [9.17, 15) is 4.79 Å². The molecule has 1 aromatic rings. The van der Waals surface area contributed by atoms with E-state index >= 15 is 0 Å². The molecule has 4 nitrogen and oxygen atoms in total. The van der Waals surface area contributed by atoms with Crippen LogP contribution in [0.1, 0.15) is 31.9 Å². The number of nitrogens with zero attached hydrogens (tertiary/aromatic N) is 1. The molecular formula is C13H18N2O2. The summed E-state index contributed by atoms with van der Waals surface area (Å²) in [6.45, 7) is 6.04. The minimum Gasteiger partial charge on any atom is -0.449 e. The molecule has 0 heterocycles. The van der Waals surface area contributed by atoms with Gasteiger partial charge in [0, 0.05) is 0 Å². The lowest BCUT2D eigenvalue weighted by Crippen LogP contribution is -2.20. The highest BCUT2D eigenvalue weighted by atomic mass is 16.5. The number of carbonyl (C=O) groups excluding carboxylic acids is 1. The Hall–Kier alpha value is -1.84. The lowest BCUT2D eigenvalue weighted by molar-refractivity contribution is 0.152. The van der Waals surface area contributed by atoms with Gasteiger partial charge in [-0.15, -0.1) is 0 Å². The Labute approximate surface area is 102 Å². The topological polar surface area (TPSA) is 50.7 Å². The second kappa shape index (κ2) is 6.68. The van der Waals surface area contributed by atoms with Crippen molar-refractivity contribution in [2.45, 2.75) is 27.2 Å². The molecule has 0 atom stereocenters. The van der Waals surface area contributed by atoms with Crippen molar-refractivity contribution in [2.75, 3.05) is 6.61 Å². The Morgan fingerprint density at radius 2 is 1.94 bits per heavy atom. The van der Waals surface area contributed by atoms with Crippen LogP contribution in [0.5, 0.6) is 0 Å². The van der Waals surface area contributed by atoms with Gasteiger partial charge in [0.1, 0.15) is 0 Å². The Kier molecular flexibility index (Phi) is 5.20. The summed E-state index contributed by atoms with van der Waals surface area (Å²) in [5.41, 5.74) is 5.35. The summed E-state index contributed by atoms with van der Waals surface area (Å²) in [5, 5.41) is 3.96. The van der Waals surface area contributed by atoms with E-state index in [-0.39, 0.29) is 0 Å². The summed E-state index contributed by atoms with van der Waals surface area (Å²) in [5.74, 6) is 0. The molecule has 0 aliphatic rings. The number of benzene rings is 1. The highest BCUT2D eigenvalue weighted by Gasteiger charge is 2.00. The van der Waals surface area contributed by atoms with Gasteiger partial charge in [0.05, 0.1) is 12.3 Å². The molecule has 0 fully saturated rings. The zero-order valence-corrected chi connectivity index (χ0v) is 10.5. The molecule has 0 aromatic heterocycles. The smallest absolute Gasteiger partial charge is 0.427 e. The lowest BCUT2D eigenvalue weighted by atomic mass is 10.1. The zero-order valence-electron chi connectivity index (χ0n) is 10.5. The summed E-state index contributed by atoms with van der Waals surface area (Å²) >= 11 is 0. The number of ether oxygens (including phenoxy) is 1. The number of amides is 1. The second-order valence-corrected chi connectivity index (χ2v) is 3.58. The highest BCUT2D eigenvalue weighted by molar-refractivity contribution is 5.99. The molecule has 0 aliphatic carbocycles. The first-order chi connectivity index (χ1) is 8.17. The van der Waals surface area contributed by atoms with Gasteiger partial charge in [-0.05, 0) is 31.4 Å². The predicted octanol–water partition coefficient (Wildman–Crippen LogP) is 2.72. The van der Waals surface area contributed by atoms with Crippen LogP contribution in [-0.4, -0.2) is 18.4 Å². The van der Waals surface area contributed by atoms with Crippen LogP contribution in [-0.2, 0) is 11.2 Å². The van der Waals surface area contributed by atoms with Crippen LogP contribution in [0.3, 0.4) is 0 Å². The van der Waals surface area contributed by atoms with Gasteiger partial charge in [-0.1, -0.05) is 31.2 Å². The van der Waals surface area contributed by atoms with E-state index in [0.29, 0.717) is 6.61 Å². The third-order valence-corrected chi connectivity index (χ3v) is 2.37. The molecule has 92 valence electrons. The number of nitrogens with one attached hydrogen (secondary N) is 1. The maximum atomic E-state index is 11.0. The first-order valence-corrected chi connectivity index (χ1v) is 5.73. The monoisotopic (exact) mass is 234 g/mol.